The summed E-state index contributed by atoms with van der Waals surface area (Å²) in [4.78, 5) is 35.2. The van der Waals surface area contributed by atoms with Crippen molar-refractivity contribution in [3.8, 4) is 0 Å². The number of aryl methyl sites for hydroxylation is 1. The zero-order valence-electron chi connectivity index (χ0n) is 16.1. The highest BCUT2D eigenvalue weighted by atomic mass is 16.5. The number of esters is 1. The lowest BCUT2D eigenvalue weighted by atomic mass is 9.96. The number of nitrogens with one attached hydrogen (secondary N) is 3. The largest absolute Gasteiger partial charge is 0.465 e. The second-order valence-electron chi connectivity index (χ2n) is 6.79. The summed E-state index contributed by atoms with van der Waals surface area (Å²) in [5.41, 5.74) is 0.356. The van der Waals surface area contributed by atoms with Gasteiger partial charge >= 0.3 is 12.0 Å². The summed E-state index contributed by atoms with van der Waals surface area (Å²) in [7, 11) is 1.31. The van der Waals surface area contributed by atoms with Gasteiger partial charge in [0.25, 0.3) is 0 Å². The maximum Gasteiger partial charge on any atom is 0.341 e. The van der Waals surface area contributed by atoms with Gasteiger partial charge in [0, 0.05) is 19.0 Å². The van der Waals surface area contributed by atoms with Crippen LogP contribution in [0, 0.1) is 6.92 Å². The summed E-state index contributed by atoms with van der Waals surface area (Å²) in [5.74, 6) is 0.343. The molecule has 1 heterocycles. The molecule has 0 saturated heterocycles. The van der Waals surface area contributed by atoms with Gasteiger partial charge in [-0.1, -0.05) is 19.3 Å². The third-order valence-electron chi connectivity index (χ3n) is 4.64. The van der Waals surface area contributed by atoms with Gasteiger partial charge in [0.1, 0.15) is 17.1 Å². The second kappa shape index (κ2) is 10.6. The molecule has 0 unspecified atom stereocenters. The smallest absolute Gasteiger partial charge is 0.341 e. The molecular weight excluding hydrogens is 350 g/mol. The van der Waals surface area contributed by atoms with Gasteiger partial charge in [0.15, 0.2) is 0 Å². The predicted octanol–water partition coefficient (Wildman–Crippen LogP) is 2.40. The van der Waals surface area contributed by atoms with Crippen LogP contribution in [0.2, 0.25) is 0 Å². The molecule has 8 heteroatoms. The number of carbonyl (C=O) groups excluding carboxylic acids is 3. The second-order valence-corrected chi connectivity index (χ2v) is 6.79. The minimum atomic E-state index is -0.466. The first kappa shape index (κ1) is 20.8. The number of rotatable bonds is 8. The maximum atomic E-state index is 11.9. The van der Waals surface area contributed by atoms with Gasteiger partial charge < -0.3 is 25.1 Å². The van der Waals surface area contributed by atoms with Crippen LogP contribution in [0.5, 0.6) is 0 Å². The molecule has 1 aliphatic carbocycles. The molecule has 150 valence electrons. The van der Waals surface area contributed by atoms with Crippen molar-refractivity contribution in [2.45, 2.75) is 64.5 Å². The van der Waals surface area contributed by atoms with Gasteiger partial charge in [0.2, 0.25) is 5.91 Å². The maximum absolute atomic E-state index is 11.9. The predicted molar refractivity (Wildman–Crippen MR) is 99.3 cm³/mol. The van der Waals surface area contributed by atoms with E-state index < -0.39 is 5.97 Å². The molecule has 8 nitrogen and oxygen atoms in total. The first-order chi connectivity index (χ1) is 13.0. The van der Waals surface area contributed by atoms with Crippen molar-refractivity contribution in [2.24, 2.45) is 0 Å². The van der Waals surface area contributed by atoms with Crippen LogP contribution >= 0.6 is 0 Å². The van der Waals surface area contributed by atoms with Gasteiger partial charge in [-0.2, -0.15) is 0 Å². The molecule has 0 spiro atoms. The highest BCUT2D eigenvalue weighted by Crippen LogP contribution is 2.17. The van der Waals surface area contributed by atoms with Crippen LogP contribution in [0.25, 0.3) is 0 Å². The summed E-state index contributed by atoms with van der Waals surface area (Å²) in [6.45, 7) is 2.31. The molecule has 1 aliphatic rings. The summed E-state index contributed by atoms with van der Waals surface area (Å²) >= 11 is 0. The fraction of sp³-hybridized carbons (Fsp3) is 0.632. The molecule has 3 amide bonds. The first-order valence-electron chi connectivity index (χ1n) is 9.48. The molecule has 1 aromatic heterocycles. The zero-order valence-corrected chi connectivity index (χ0v) is 16.1. The minimum absolute atomic E-state index is 0.141. The summed E-state index contributed by atoms with van der Waals surface area (Å²) in [6.07, 6.45) is 6.51. The first-order valence-corrected chi connectivity index (χ1v) is 9.48. The number of ether oxygens (including phenoxy) is 1. The molecule has 3 N–H and O–H groups in total. The fourth-order valence-corrected chi connectivity index (χ4v) is 3.15. The number of hydrogen-bond acceptors (Lipinski definition) is 5. The average molecular weight is 379 g/mol. The molecule has 0 aliphatic heterocycles. The molecule has 0 aromatic carbocycles. The van der Waals surface area contributed by atoms with Crippen LogP contribution in [0.15, 0.2) is 10.5 Å². The van der Waals surface area contributed by atoms with Crippen LogP contribution in [-0.4, -0.2) is 37.6 Å². The Morgan fingerprint density at radius 2 is 1.93 bits per heavy atom. The quantitative estimate of drug-likeness (QED) is 0.475. The highest BCUT2D eigenvalue weighted by molar-refractivity contribution is 5.90. The van der Waals surface area contributed by atoms with Crippen LogP contribution in [-0.2, 0) is 16.1 Å². The Labute approximate surface area is 159 Å². The number of furan rings is 1. The van der Waals surface area contributed by atoms with E-state index in [1.807, 2.05) is 0 Å². The van der Waals surface area contributed by atoms with E-state index in [4.69, 9.17) is 4.42 Å². The van der Waals surface area contributed by atoms with Gasteiger partial charge in [-0.3, -0.25) is 4.79 Å². The van der Waals surface area contributed by atoms with Crippen LogP contribution in [0.3, 0.4) is 0 Å². The Bertz CT molecular complexity index is 650. The lowest BCUT2D eigenvalue weighted by molar-refractivity contribution is -0.121. The van der Waals surface area contributed by atoms with Crippen LogP contribution < -0.4 is 16.0 Å². The number of urea groups is 1. The van der Waals surface area contributed by atoms with E-state index in [2.05, 4.69) is 20.7 Å². The van der Waals surface area contributed by atoms with Crippen molar-refractivity contribution in [3.05, 3.63) is 23.2 Å². The lowest BCUT2D eigenvalue weighted by Crippen LogP contribution is -2.43. The van der Waals surface area contributed by atoms with Gasteiger partial charge in [-0.25, -0.2) is 9.59 Å². The number of carbonyl (C=O) groups is 3. The molecule has 2 rings (SSSR count). The third-order valence-corrected chi connectivity index (χ3v) is 4.64. The fourth-order valence-electron chi connectivity index (χ4n) is 3.15. The molecule has 1 fully saturated rings. The molecule has 1 aromatic rings. The summed E-state index contributed by atoms with van der Waals surface area (Å²) < 4.78 is 10.1. The van der Waals surface area contributed by atoms with Gasteiger partial charge in [-0.05, 0) is 32.3 Å². The monoisotopic (exact) mass is 379 g/mol. The molecule has 0 bridgehead atoms. The normalized spacial score (nSPS) is 14.4. The Hall–Kier alpha value is -2.51. The van der Waals surface area contributed by atoms with Gasteiger partial charge in [0.05, 0.1) is 13.7 Å². The third kappa shape index (κ3) is 6.96. The van der Waals surface area contributed by atoms with Crippen molar-refractivity contribution >= 4 is 17.9 Å². The molecule has 0 atom stereocenters. The van der Waals surface area contributed by atoms with E-state index in [9.17, 15) is 14.4 Å². The highest BCUT2D eigenvalue weighted by Gasteiger charge is 2.16. The van der Waals surface area contributed by atoms with Crippen molar-refractivity contribution < 1.29 is 23.5 Å². The van der Waals surface area contributed by atoms with E-state index >= 15 is 0 Å². The van der Waals surface area contributed by atoms with Gasteiger partial charge in [-0.15, -0.1) is 0 Å². The standard InChI is InChI=1S/C19H29N3O5/c1-13-16(18(24)26-2)11-15(27-13)12-21-17(23)9-6-10-20-19(25)22-14-7-4-3-5-8-14/h11,14H,3-10,12H2,1-2H3,(H,21,23)(H2,20,22,25). The number of amides is 3. The Balaban J connectivity index is 1.59. The van der Waals surface area contributed by atoms with Crippen molar-refractivity contribution in [2.75, 3.05) is 13.7 Å². The summed E-state index contributed by atoms with van der Waals surface area (Å²) in [5, 5.41) is 8.50. The molecule has 1 saturated carbocycles. The number of hydrogen-bond donors (Lipinski definition) is 3. The minimum Gasteiger partial charge on any atom is -0.465 e. The topological polar surface area (TPSA) is 110 Å². The average Bonchev–Trinajstić information content (AvgIpc) is 3.04. The van der Waals surface area contributed by atoms with E-state index in [1.54, 1.807) is 13.0 Å². The Kier molecular flexibility index (Phi) is 8.16. The van der Waals surface area contributed by atoms with Crippen LogP contribution in [0.1, 0.15) is 66.8 Å². The number of methoxy groups -OCH3 is 1. The molecule has 0 radical (unpaired) electrons. The van der Waals surface area contributed by atoms with E-state index in [-0.39, 0.29) is 24.5 Å². The van der Waals surface area contributed by atoms with E-state index in [0.29, 0.717) is 36.5 Å². The zero-order chi connectivity index (χ0) is 19.6. The van der Waals surface area contributed by atoms with Crippen molar-refractivity contribution in [1.82, 2.24) is 16.0 Å². The van der Waals surface area contributed by atoms with E-state index in [1.165, 1.54) is 26.4 Å². The van der Waals surface area contributed by atoms with E-state index in [0.717, 1.165) is 12.8 Å². The molecule has 27 heavy (non-hydrogen) atoms. The van der Waals surface area contributed by atoms with Crippen LogP contribution in [0.4, 0.5) is 4.79 Å². The Morgan fingerprint density at radius 1 is 1.19 bits per heavy atom. The van der Waals surface area contributed by atoms with Crippen molar-refractivity contribution in [3.63, 3.8) is 0 Å². The molecular formula is C19H29N3O5. The summed E-state index contributed by atoms with van der Waals surface area (Å²) in [6, 6.07) is 1.68. The SMILES string of the molecule is COC(=O)c1cc(CNC(=O)CCCNC(=O)NC2CCCCC2)oc1C. The van der Waals surface area contributed by atoms with Crippen molar-refractivity contribution in [1.29, 1.82) is 0 Å². The lowest BCUT2D eigenvalue weighted by Gasteiger charge is -2.22. The Morgan fingerprint density at radius 3 is 2.63 bits per heavy atom.